The second-order valence-corrected chi connectivity index (χ2v) is 5.67. The van der Waals surface area contributed by atoms with Crippen molar-refractivity contribution in [3.63, 3.8) is 0 Å². The van der Waals surface area contributed by atoms with Gasteiger partial charge in [-0.15, -0.1) is 0 Å². The molecule has 0 spiro atoms. The van der Waals surface area contributed by atoms with Crippen LogP contribution < -0.4 is 5.73 Å². The molecule has 1 fully saturated rings. The molecule has 5 heteroatoms. The lowest BCUT2D eigenvalue weighted by Gasteiger charge is -2.39. The van der Waals surface area contributed by atoms with Crippen LogP contribution >= 0.6 is 12.2 Å². The average Bonchev–Trinajstić information content (AvgIpc) is 2.15. The van der Waals surface area contributed by atoms with Crippen molar-refractivity contribution < 1.29 is 5.11 Å². The minimum absolute atomic E-state index is 0.180. The maximum Gasteiger partial charge on any atom is 0.0899 e. The molecular weight excluding hydrogens is 222 g/mol. The molecule has 3 N–H and O–H groups in total. The van der Waals surface area contributed by atoms with E-state index in [1.54, 1.807) is 0 Å². The summed E-state index contributed by atoms with van der Waals surface area (Å²) in [5.41, 5.74) is 5.03. The molecule has 1 atom stereocenters. The third-order valence-electron chi connectivity index (χ3n) is 2.98. The van der Waals surface area contributed by atoms with Gasteiger partial charge in [0.05, 0.1) is 16.6 Å². The number of hydrogen-bond acceptors (Lipinski definition) is 4. The SMILES string of the molecule is CC(C(N)=S)N1CCN(CC(C)(C)O)CC1. The Balaban J connectivity index is 2.37. The van der Waals surface area contributed by atoms with E-state index in [4.69, 9.17) is 18.0 Å². The summed E-state index contributed by atoms with van der Waals surface area (Å²) in [7, 11) is 0. The van der Waals surface area contributed by atoms with Crippen LogP contribution in [-0.4, -0.2) is 64.3 Å². The lowest BCUT2D eigenvalue weighted by Crippen LogP contribution is -2.54. The Labute approximate surface area is 103 Å². The van der Waals surface area contributed by atoms with Gasteiger partial charge in [0.15, 0.2) is 0 Å². The van der Waals surface area contributed by atoms with E-state index in [2.05, 4.69) is 9.80 Å². The van der Waals surface area contributed by atoms with Crippen LogP contribution in [0.2, 0.25) is 0 Å². The summed E-state index contributed by atoms with van der Waals surface area (Å²) < 4.78 is 0. The van der Waals surface area contributed by atoms with Crippen molar-refractivity contribution in [2.24, 2.45) is 5.73 Å². The number of thiocarbonyl (C=S) groups is 1. The molecule has 16 heavy (non-hydrogen) atoms. The van der Waals surface area contributed by atoms with Crippen LogP contribution in [0.3, 0.4) is 0 Å². The third kappa shape index (κ3) is 4.33. The largest absolute Gasteiger partial charge is 0.392 e. The highest BCUT2D eigenvalue weighted by molar-refractivity contribution is 7.80. The minimum Gasteiger partial charge on any atom is -0.392 e. The highest BCUT2D eigenvalue weighted by Crippen LogP contribution is 2.10. The summed E-state index contributed by atoms with van der Waals surface area (Å²) in [4.78, 5) is 5.14. The Morgan fingerprint density at radius 2 is 1.88 bits per heavy atom. The van der Waals surface area contributed by atoms with Gasteiger partial charge >= 0.3 is 0 Å². The number of nitrogens with two attached hydrogens (primary N) is 1. The quantitative estimate of drug-likeness (QED) is 0.686. The zero-order chi connectivity index (χ0) is 12.3. The van der Waals surface area contributed by atoms with Gasteiger partial charge in [-0.25, -0.2) is 0 Å². The number of piperazine rings is 1. The number of aliphatic hydroxyl groups is 1. The molecule has 1 heterocycles. The molecule has 0 aromatic carbocycles. The predicted molar refractivity (Wildman–Crippen MR) is 70.6 cm³/mol. The average molecular weight is 245 g/mol. The van der Waals surface area contributed by atoms with E-state index in [-0.39, 0.29) is 6.04 Å². The fraction of sp³-hybridized carbons (Fsp3) is 0.909. The van der Waals surface area contributed by atoms with Gasteiger partial charge in [-0.05, 0) is 20.8 Å². The summed E-state index contributed by atoms with van der Waals surface area (Å²) in [6.07, 6.45) is 0. The van der Waals surface area contributed by atoms with Crippen LogP contribution in [-0.2, 0) is 0 Å². The maximum absolute atomic E-state index is 9.74. The Morgan fingerprint density at radius 3 is 2.25 bits per heavy atom. The van der Waals surface area contributed by atoms with Gasteiger partial charge in [0.25, 0.3) is 0 Å². The molecule has 0 amide bonds. The number of nitrogens with zero attached hydrogens (tertiary/aromatic N) is 2. The van der Waals surface area contributed by atoms with Gasteiger partial charge in [0.2, 0.25) is 0 Å². The zero-order valence-corrected chi connectivity index (χ0v) is 11.3. The first kappa shape index (κ1) is 13.8. The van der Waals surface area contributed by atoms with E-state index in [9.17, 15) is 5.11 Å². The Bertz CT molecular complexity index is 244. The standard InChI is InChI=1S/C11H23N3OS/c1-9(10(12)16)14-6-4-13(5-7-14)8-11(2,3)15/h9,15H,4-8H2,1-3H3,(H2,12,16). The summed E-state index contributed by atoms with van der Waals surface area (Å²) in [5, 5.41) is 9.74. The van der Waals surface area contributed by atoms with Gasteiger partial charge < -0.3 is 10.8 Å². The van der Waals surface area contributed by atoms with Crippen LogP contribution in [0.1, 0.15) is 20.8 Å². The molecule has 0 radical (unpaired) electrons. The molecule has 94 valence electrons. The topological polar surface area (TPSA) is 52.7 Å². The molecule has 0 bridgehead atoms. The lowest BCUT2D eigenvalue weighted by atomic mass is 10.1. The van der Waals surface area contributed by atoms with Crippen LogP contribution in [0, 0.1) is 0 Å². The molecular formula is C11H23N3OS. The summed E-state index contributed by atoms with van der Waals surface area (Å²) in [5.74, 6) is 0. The fourth-order valence-electron chi connectivity index (χ4n) is 2.04. The second-order valence-electron chi connectivity index (χ2n) is 5.20. The molecule has 1 rings (SSSR count). The maximum atomic E-state index is 9.74. The molecule has 0 aliphatic carbocycles. The molecule has 1 unspecified atom stereocenters. The van der Waals surface area contributed by atoms with E-state index in [0.717, 1.165) is 32.7 Å². The Morgan fingerprint density at radius 1 is 1.38 bits per heavy atom. The molecule has 1 aliphatic rings. The molecule has 4 nitrogen and oxygen atoms in total. The van der Waals surface area contributed by atoms with E-state index in [1.807, 2.05) is 20.8 Å². The van der Waals surface area contributed by atoms with Crippen molar-refractivity contribution in [2.75, 3.05) is 32.7 Å². The molecule has 0 aromatic heterocycles. The second kappa shape index (κ2) is 5.40. The fourth-order valence-corrected chi connectivity index (χ4v) is 2.18. The van der Waals surface area contributed by atoms with Gasteiger partial charge in [0.1, 0.15) is 0 Å². The Kier molecular flexibility index (Phi) is 4.67. The predicted octanol–water partition coefficient (Wildman–Crippen LogP) is 0.0495. The number of rotatable bonds is 4. The van der Waals surface area contributed by atoms with Crippen molar-refractivity contribution in [3.05, 3.63) is 0 Å². The van der Waals surface area contributed by atoms with E-state index in [0.29, 0.717) is 4.99 Å². The minimum atomic E-state index is -0.614. The van der Waals surface area contributed by atoms with Gasteiger partial charge in [-0.3, -0.25) is 9.80 Å². The highest BCUT2D eigenvalue weighted by atomic mass is 32.1. The van der Waals surface area contributed by atoms with Crippen molar-refractivity contribution in [3.8, 4) is 0 Å². The van der Waals surface area contributed by atoms with Crippen LogP contribution in [0.5, 0.6) is 0 Å². The smallest absolute Gasteiger partial charge is 0.0899 e. The number of hydrogen-bond donors (Lipinski definition) is 2. The van der Waals surface area contributed by atoms with Gasteiger partial charge in [-0.1, -0.05) is 12.2 Å². The van der Waals surface area contributed by atoms with Gasteiger partial charge in [0, 0.05) is 32.7 Å². The zero-order valence-electron chi connectivity index (χ0n) is 10.4. The van der Waals surface area contributed by atoms with Crippen molar-refractivity contribution in [1.29, 1.82) is 0 Å². The van der Waals surface area contributed by atoms with Crippen LogP contribution in [0.4, 0.5) is 0 Å². The van der Waals surface area contributed by atoms with E-state index in [1.165, 1.54) is 0 Å². The molecule has 1 aliphatic heterocycles. The molecule has 1 saturated heterocycles. The summed E-state index contributed by atoms with van der Waals surface area (Å²) in [6.45, 7) is 10.3. The Hall–Kier alpha value is -0.230. The first-order chi connectivity index (χ1) is 7.29. The van der Waals surface area contributed by atoms with Gasteiger partial charge in [-0.2, -0.15) is 0 Å². The molecule has 0 saturated carbocycles. The monoisotopic (exact) mass is 245 g/mol. The lowest BCUT2D eigenvalue weighted by molar-refractivity contribution is 0.0160. The summed E-state index contributed by atoms with van der Waals surface area (Å²) in [6, 6.07) is 0.180. The van der Waals surface area contributed by atoms with Crippen LogP contribution in [0.25, 0.3) is 0 Å². The molecule has 0 aromatic rings. The highest BCUT2D eigenvalue weighted by Gasteiger charge is 2.25. The third-order valence-corrected chi connectivity index (χ3v) is 3.32. The first-order valence-corrected chi connectivity index (χ1v) is 6.18. The van der Waals surface area contributed by atoms with Crippen molar-refractivity contribution >= 4 is 17.2 Å². The van der Waals surface area contributed by atoms with Crippen molar-refractivity contribution in [1.82, 2.24) is 9.80 Å². The van der Waals surface area contributed by atoms with Crippen molar-refractivity contribution in [2.45, 2.75) is 32.4 Å². The normalized spacial score (nSPS) is 22.0. The summed E-state index contributed by atoms with van der Waals surface area (Å²) >= 11 is 5.00. The van der Waals surface area contributed by atoms with Crippen LogP contribution in [0.15, 0.2) is 0 Å². The number of β-amino-alcohol motifs (C(OH)–C–C–N with tert-alkyl or cyclic N) is 1. The van der Waals surface area contributed by atoms with E-state index >= 15 is 0 Å². The first-order valence-electron chi connectivity index (χ1n) is 5.78. The van der Waals surface area contributed by atoms with E-state index < -0.39 is 5.60 Å².